The first-order chi connectivity index (χ1) is 16.8. The predicted octanol–water partition coefficient (Wildman–Crippen LogP) is 5.16. The monoisotopic (exact) mass is 475 g/mol. The van der Waals surface area contributed by atoms with Gasteiger partial charge in [0.1, 0.15) is 23.2 Å². The number of pyridine rings is 1. The zero-order chi connectivity index (χ0) is 24.4. The molecule has 0 atom stereocenters. The number of hydrogen-bond donors (Lipinski definition) is 1. The van der Waals surface area contributed by atoms with Gasteiger partial charge < -0.3 is 19.7 Å². The van der Waals surface area contributed by atoms with E-state index in [2.05, 4.69) is 27.4 Å². The Morgan fingerprint density at radius 1 is 1.03 bits per heavy atom. The number of ether oxygens (including phenoxy) is 2. The molecule has 8 nitrogen and oxygen atoms in total. The maximum absolute atomic E-state index is 12.4. The van der Waals surface area contributed by atoms with Crippen LogP contribution in [0.2, 0.25) is 0 Å². The maximum Gasteiger partial charge on any atom is 0.410 e. The average molecular weight is 476 g/mol. The smallest absolute Gasteiger partial charge is 0.410 e. The number of nitrogens with one attached hydrogen (secondary N) is 1. The minimum Gasteiger partial charge on any atom is -0.473 e. The van der Waals surface area contributed by atoms with E-state index in [9.17, 15) is 4.79 Å². The Labute approximate surface area is 206 Å². The van der Waals surface area contributed by atoms with Gasteiger partial charge in [0.05, 0.1) is 5.52 Å². The summed E-state index contributed by atoms with van der Waals surface area (Å²) in [4.78, 5) is 28.0. The van der Waals surface area contributed by atoms with Crippen LogP contribution in [0.1, 0.15) is 58.1 Å². The number of amides is 1. The molecule has 5 rings (SSSR count). The molecule has 3 aromatic rings. The van der Waals surface area contributed by atoms with Gasteiger partial charge in [-0.25, -0.2) is 14.8 Å². The minimum absolute atomic E-state index is 0.102. The van der Waals surface area contributed by atoms with E-state index < -0.39 is 5.60 Å². The zero-order valence-corrected chi connectivity index (χ0v) is 20.6. The molecule has 0 radical (unpaired) electrons. The van der Waals surface area contributed by atoms with E-state index in [4.69, 9.17) is 14.5 Å². The highest BCUT2D eigenvalue weighted by molar-refractivity contribution is 5.80. The van der Waals surface area contributed by atoms with E-state index in [1.807, 2.05) is 45.0 Å². The Balaban J connectivity index is 1.14. The van der Waals surface area contributed by atoms with Gasteiger partial charge in [0.2, 0.25) is 5.88 Å². The Kier molecular flexibility index (Phi) is 6.45. The molecule has 1 aromatic carbocycles. The van der Waals surface area contributed by atoms with Crippen molar-refractivity contribution in [3.8, 4) is 5.88 Å². The van der Waals surface area contributed by atoms with Crippen LogP contribution < -0.4 is 10.1 Å². The molecule has 2 aromatic heterocycles. The van der Waals surface area contributed by atoms with Crippen molar-refractivity contribution >= 4 is 22.8 Å². The van der Waals surface area contributed by atoms with Crippen LogP contribution in [0.5, 0.6) is 5.88 Å². The van der Waals surface area contributed by atoms with Crippen LogP contribution in [-0.4, -0.2) is 56.8 Å². The summed E-state index contributed by atoms with van der Waals surface area (Å²) in [5.41, 5.74) is 1.40. The summed E-state index contributed by atoms with van der Waals surface area (Å²) >= 11 is 0. The van der Waals surface area contributed by atoms with Crippen molar-refractivity contribution in [3.63, 3.8) is 0 Å². The molecule has 1 aliphatic carbocycles. The third kappa shape index (κ3) is 5.63. The van der Waals surface area contributed by atoms with E-state index in [0.29, 0.717) is 25.0 Å². The number of para-hydroxylation sites is 1. The van der Waals surface area contributed by atoms with Crippen molar-refractivity contribution in [2.45, 2.75) is 70.1 Å². The number of aromatic nitrogens is 3. The van der Waals surface area contributed by atoms with Crippen LogP contribution in [0.4, 0.5) is 10.6 Å². The maximum atomic E-state index is 12.4. The summed E-state index contributed by atoms with van der Waals surface area (Å²) in [7, 11) is 0. The lowest BCUT2D eigenvalue weighted by atomic mass is 9.89. The van der Waals surface area contributed by atoms with Gasteiger partial charge in [0, 0.05) is 55.7 Å². The molecule has 1 saturated heterocycles. The van der Waals surface area contributed by atoms with E-state index in [1.165, 1.54) is 0 Å². The Hall–Kier alpha value is -3.42. The molecule has 3 heterocycles. The molecule has 1 amide bonds. The van der Waals surface area contributed by atoms with Crippen molar-refractivity contribution in [3.05, 3.63) is 54.5 Å². The fourth-order valence-electron chi connectivity index (χ4n) is 4.66. The lowest BCUT2D eigenvalue weighted by Crippen LogP contribution is -2.43. The minimum atomic E-state index is -0.486. The van der Waals surface area contributed by atoms with Crippen LogP contribution in [0, 0.1) is 0 Å². The molecule has 8 heteroatoms. The van der Waals surface area contributed by atoms with E-state index in [1.54, 1.807) is 17.3 Å². The van der Waals surface area contributed by atoms with Crippen molar-refractivity contribution < 1.29 is 14.3 Å². The average Bonchev–Trinajstić information content (AvgIpc) is 2.82. The molecule has 35 heavy (non-hydrogen) atoms. The lowest BCUT2D eigenvalue weighted by molar-refractivity contribution is 0.0202. The number of fused-ring (bicyclic) bond motifs is 1. The topological polar surface area (TPSA) is 89.5 Å². The fraction of sp³-hybridized carbons (Fsp3) is 0.481. The number of likely N-dealkylation sites (tertiary alicyclic amines) is 1. The molecular formula is C27H33N5O3. The number of rotatable bonds is 5. The largest absolute Gasteiger partial charge is 0.473 e. The number of carbonyl (C=O) groups excluding carboxylic acids is 1. The van der Waals surface area contributed by atoms with Crippen LogP contribution in [-0.2, 0) is 4.74 Å². The molecule has 1 saturated carbocycles. The van der Waals surface area contributed by atoms with Gasteiger partial charge in [-0.15, -0.1) is 0 Å². The first kappa shape index (κ1) is 23.3. The van der Waals surface area contributed by atoms with Gasteiger partial charge in [0.25, 0.3) is 0 Å². The highest BCUT2D eigenvalue weighted by Crippen LogP contribution is 2.35. The van der Waals surface area contributed by atoms with E-state index in [0.717, 1.165) is 48.1 Å². The second kappa shape index (κ2) is 9.68. The third-order valence-electron chi connectivity index (χ3n) is 6.55. The van der Waals surface area contributed by atoms with Gasteiger partial charge in [-0.3, -0.25) is 4.98 Å². The number of nitrogens with zero attached hydrogens (tertiary/aromatic N) is 4. The Morgan fingerprint density at radius 3 is 2.54 bits per heavy atom. The Morgan fingerprint density at radius 2 is 1.77 bits per heavy atom. The van der Waals surface area contributed by atoms with Crippen LogP contribution in [0.3, 0.4) is 0 Å². The summed E-state index contributed by atoms with van der Waals surface area (Å²) < 4.78 is 11.8. The second-order valence-corrected chi connectivity index (χ2v) is 10.4. The van der Waals surface area contributed by atoms with Crippen LogP contribution in [0.25, 0.3) is 10.9 Å². The van der Waals surface area contributed by atoms with Crippen molar-refractivity contribution in [2.24, 2.45) is 0 Å². The summed E-state index contributed by atoms with van der Waals surface area (Å²) in [6, 6.07) is 12.6. The molecule has 1 aliphatic heterocycles. The zero-order valence-electron chi connectivity index (χ0n) is 20.6. The molecule has 0 spiro atoms. The highest BCUT2D eigenvalue weighted by atomic mass is 16.6. The first-order valence-electron chi connectivity index (χ1n) is 12.4. The SMILES string of the molecule is CC(C)(C)OC(=O)N1CCC(c2nccnc2O[C@H]2C[C@@H](Nc3ccc4ccccc4n3)C2)CC1. The van der Waals surface area contributed by atoms with Crippen molar-refractivity contribution in [2.75, 3.05) is 18.4 Å². The number of piperidine rings is 1. The second-order valence-electron chi connectivity index (χ2n) is 10.4. The van der Waals surface area contributed by atoms with Crippen LogP contribution >= 0.6 is 0 Å². The number of hydrogen-bond acceptors (Lipinski definition) is 7. The standard InChI is InChI=1S/C27H33N5O3/c1-27(2,3)35-26(33)32-14-10-19(11-15-32)24-25(29-13-12-28-24)34-21-16-20(17-21)30-23-9-8-18-6-4-5-7-22(18)31-23/h4-9,12-13,19-21H,10-11,14-17H2,1-3H3,(H,30,31)/t20-,21+. The van der Waals surface area contributed by atoms with Gasteiger partial charge >= 0.3 is 6.09 Å². The highest BCUT2D eigenvalue weighted by Gasteiger charge is 2.34. The van der Waals surface area contributed by atoms with E-state index >= 15 is 0 Å². The molecule has 0 bridgehead atoms. The molecule has 2 fully saturated rings. The summed E-state index contributed by atoms with van der Waals surface area (Å²) in [6.07, 6.45) is 6.67. The lowest BCUT2D eigenvalue weighted by Gasteiger charge is -2.37. The number of carbonyl (C=O) groups is 1. The number of benzene rings is 1. The summed E-state index contributed by atoms with van der Waals surface area (Å²) in [6.45, 7) is 6.95. The van der Waals surface area contributed by atoms with Gasteiger partial charge in [0.15, 0.2) is 0 Å². The molecule has 0 unspecified atom stereocenters. The predicted molar refractivity (Wildman–Crippen MR) is 135 cm³/mol. The fourth-order valence-corrected chi connectivity index (χ4v) is 4.66. The molecule has 1 N–H and O–H groups in total. The third-order valence-corrected chi connectivity index (χ3v) is 6.55. The Bertz CT molecular complexity index is 1180. The molecule has 184 valence electrons. The summed E-state index contributed by atoms with van der Waals surface area (Å²) in [5.74, 6) is 1.73. The normalized spacial score (nSPS) is 20.8. The first-order valence-corrected chi connectivity index (χ1v) is 12.4. The van der Waals surface area contributed by atoms with Crippen molar-refractivity contribution in [1.82, 2.24) is 19.9 Å². The van der Waals surface area contributed by atoms with Crippen molar-refractivity contribution in [1.29, 1.82) is 0 Å². The van der Waals surface area contributed by atoms with Gasteiger partial charge in [-0.2, -0.15) is 0 Å². The molecule has 2 aliphatic rings. The number of anilines is 1. The van der Waals surface area contributed by atoms with Gasteiger partial charge in [-0.05, 0) is 51.8 Å². The molecular weight excluding hydrogens is 442 g/mol. The van der Waals surface area contributed by atoms with Gasteiger partial charge in [-0.1, -0.05) is 18.2 Å². The summed E-state index contributed by atoms with van der Waals surface area (Å²) in [5, 5.41) is 4.66. The quantitative estimate of drug-likeness (QED) is 0.545. The van der Waals surface area contributed by atoms with Crippen LogP contribution in [0.15, 0.2) is 48.8 Å². The van der Waals surface area contributed by atoms with E-state index in [-0.39, 0.29) is 18.1 Å².